The van der Waals surface area contributed by atoms with E-state index in [-0.39, 0.29) is 11.9 Å². The van der Waals surface area contributed by atoms with Crippen LogP contribution in [0.25, 0.3) is 0 Å². The van der Waals surface area contributed by atoms with Gasteiger partial charge in [0, 0.05) is 13.0 Å². The average molecular weight is 206 g/mol. The number of hydrogen-bond donors (Lipinski definition) is 0. The molecule has 0 radical (unpaired) electrons. The third kappa shape index (κ3) is 2.90. The summed E-state index contributed by atoms with van der Waals surface area (Å²) in [5.74, 6) is 0.145. The van der Waals surface area contributed by atoms with Crippen LogP contribution >= 0.6 is 0 Å². The van der Waals surface area contributed by atoms with Crippen LogP contribution in [0.15, 0.2) is 24.3 Å². The lowest BCUT2D eigenvalue weighted by molar-refractivity contribution is -0.130. The average Bonchev–Trinajstić information content (AvgIpc) is 2.26. The molecule has 0 aliphatic rings. The Hall–Kier alpha value is -1.15. The molecular weight excluding hydrogens is 188 g/mol. The zero-order valence-corrected chi connectivity index (χ0v) is 9.62. The Morgan fingerprint density at radius 1 is 1.33 bits per heavy atom. The van der Waals surface area contributed by atoms with Crippen LogP contribution in [0.1, 0.15) is 37.5 Å². The van der Waals surface area contributed by atoms with E-state index in [2.05, 4.69) is 0 Å². The minimum absolute atomic E-state index is 0.145. The maximum absolute atomic E-state index is 11.7. The molecule has 1 unspecified atom stereocenters. The van der Waals surface area contributed by atoms with E-state index < -0.39 is 0 Å². The first-order chi connectivity index (χ1) is 7.20. The third-order valence-electron chi connectivity index (χ3n) is 2.45. The highest BCUT2D eigenvalue weighted by atomic mass is 16.5. The predicted molar refractivity (Wildman–Crippen MR) is 60.8 cm³/mol. The van der Waals surface area contributed by atoms with Crippen molar-refractivity contribution < 1.29 is 9.53 Å². The summed E-state index contributed by atoms with van der Waals surface area (Å²) in [5.41, 5.74) is 2.10. The Kier molecular flexibility index (Phi) is 4.50. The summed E-state index contributed by atoms with van der Waals surface area (Å²) in [5, 5.41) is 0. The van der Waals surface area contributed by atoms with Crippen LogP contribution in [0.5, 0.6) is 0 Å². The van der Waals surface area contributed by atoms with Crippen LogP contribution in [0.2, 0.25) is 0 Å². The number of rotatable bonds is 5. The van der Waals surface area contributed by atoms with Crippen molar-refractivity contribution in [1.29, 1.82) is 0 Å². The number of hydrogen-bond acceptors (Lipinski definition) is 2. The fraction of sp³-hybridized carbons (Fsp3) is 0.462. The number of aryl methyl sites for hydroxylation is 1. The van der Waals surface area contributed by atoms with Gasteiger partial charge >= 0.3 is 0 Å². The minimum atomic E-state index is -0.388. The van der Waals surface area contributed by atoms with Gasteiger partial charge in [-0.3, -0.25) is 4.79 Å². The van der Waals surface area contributed by atoms with Crippen molar-refractivity contribution in [1.82, 2.24) is 0 Å². The van der Waals surface area contributed by atoms with Gasteiger partial charge in [-0.25, -0.2) is 0 Å². The van der Waals surface area contributed by atoms with Gasteiger partial charge in [0.1, 0.15) is 6.10 Å². The van der Waals surface area contributed by atoms with Gasteiger partial charge in [0.2, 0.25) is 0 Å². The van der Waals surface area contributed by atoms with E-state index in [1.165, 1.54) is 0 Å². The normalized spacial score (nSPS) is 12.5. The summed E-state index contributed by atoms with van der Waals surface area (Å²) in [6.45, 7) is 6.34. The topological polar surface area (TPSA) is 26.3 Å². The molecule has 0 bridgehead atoms. The molecule has 1 rings (SSSR count). The van der Waals surface area contributed by atoms with Crippen molar-refractivity contribution >= 4 is 5.78 Å². The standard InChI is InChI=1S/C13H18O2/c1-4-12(14)13(15-5-2)11-9-7-6-8-10(11)3/h6-9,13H,4-5H2,1-3H3. The van der Waals surface area contributed by atoms with Crippen molar-refractivity contribution in [3.05, 3.63) is 35.4 Å². The van der Waals surface area contributed by atoms with Crippen molar-refractivity contribution in [2.75, 3.05) is 6.61 Å². The molecule has 0 heterocycles. The molecule has 2 heteroatoms. The number of carbonyl (C=O) groups is 1. The highest BCUT2D eigenvalue weighted by Gasteiger charge is 2.20. The van der Waals surface area contributed by atoms with Gasteiger partial charge < -0.3 is 4.74 Å². The highest BCUT2D eigenvalue weighted by Crippen LogP contribution is 2.22. The molecule has 0 aliphatic carbocycles. The first-order valence-corrected chi connectivity index (χ1v) is 5.40. The van der Waals surface area contributed by atoms with Crippen LogP contribution in [-0.4, -0.2) is 12.4 Å². The summed E-state index contributed by atoms with van der Waals surface area (Å²) in [4.78, 5) is 11.7. The SMILES string of the molecule is CCOC(C(=O)CC)c1ccccc1C. The van der Waals surface area contributed by atoms with Crippen molar-refractivity contribution in [3.63, 3.8) is 0 Å². The number of Topliss-reactive ketones (excluding diaryl/α,β-unsaturated/α-hetero) is 1. The van der Waals surface area contributed by atoms with Gasteiger partial charge in [-0.05, 0) is 25.0 Å². The van der Waals surface area contributed by atoms with Crippen LogP contribution in [0, 0.1) is 6.92 Å². The van der Waals surface area contributed by atoms with Crippen LogP contribution in [0.4, 0.5) is 0 Å². The van der Waals surface area contributed by atoms with E-state index in [4.69, 9.17) is 4.74 Å². The zero-order chi connectivity index (χ0) is 11.3. The Balaban J connectivity index is 2.98. The molecule has 1 aromatic carbocycles. The van der Waals surface area contributed by atoms with Gasteiger partial charge in [-0.1, -0.05) is 31.2 Å². The summed E-state index contributed by atoms with van der Waals surface area (Å²) in [6.07, 6.45) is 0.125. The second kappa shape index (κ2) is 5.66. The molecule has 0 saturated heterocycles. The van der Waals surface area contributed by atoms with E-state index in [1.807, 2.05) is 45.0 Å². The van der Waals surface area contributed by atoms with Crippen LogP contribution in [0.3, 0.4) is 0 Å². The first kappa shape index (κ1) is 11.9. The number of benzene rings is 1. The quantitative estimate of drug-likeness (QED) is 0.740. The molecular formula is C13H18O2. The van der Waals surface area contributed by atoms with E-state index in [0.717, 1.165) is 11.1 Å². The van der Waals surface area contributed by atoms with Crippen molar-refractivity contribution in [3.8, 4) is 0 Å². The molecule has 2 nitrogen and oxygen atoms in total. The Morgan fingerprint density at radius 3 is 2.53 bits per heavy atom. The smallest absolute Gasteiger partial charge is 0.165 e. The minimum Gasteiger partial charge on any atom is -0.366 e. The summed E-state index contributed by atoms with van der Waals surface area (Å²) < 4.78 is 5.51. The monoisotopic (exact) mass is 206 g/mol. The van der Waals surface area contributed by atoms with Crippen molar-refractivity contribution in [2.24, 2.45) is 0 Å². The molecule has 1 aromatic rings. The van der Waals surface area contributed by atoms with Crippen molar-refractivity contribution in [2.45, 2.75) is 33.3 Å². The molecule has 0 aromatic heterocycles. The summed E-state index contributed by atoms with van der Waals surface area (Å²) in [6, 6.07) is 7.88. The van der Waals surface area contributed by atoms with Crippen LogP contribution < -0.4 is 0 Å². The lowest BCUT2D eigenvalue weighted by atomic mass is 9.99. The fourth-order valence-electron chi connectivity index (χ4n) is 1.59. The molecule has 0 aliphatic heterocycles. The van der Waals surface area contributed by atoms with E-state index in [9.17, 15) is 4.79 Å². The van der Waals surface area contributed by atoms with Gasteiger partial charge in [0.05, 0.1) is 0 Å². The summed E-state index contributed by atoms with van der Waals surface area (Å²) >= 11 is 0. The molecule has 82 valence electrons. The molecule has 0 fully saturated rings. The van der Waals surface area contributed by atoms with E-state index >= 15 is 0 Å². The van der Waals surface area contributed by atoms with Gasteiger partial charge in [-0.15, -0.1) is 0 Å². The van der Waals surface area contributed by atoms with Gasteiger partial charge in [0.15, 0.2) is 5.78 Å². The lowest BCUT2D eigenvalue weighted by Crippen LogP contribution is -2.16. The summed E-state index contributed by atoms with van der Waals surface area (Å²) in [7, 11) is 0. The van der Waals surface area contributed by atoms with Gasteiger partial charge in [0.25, 0.3) is 0 Å². The number of ketones is 1. The zero-order valence-electron chi connectivity index (χ0n) is 9.62. The molecule has 0 amide bonds. The van der Waals surface area contributed by atoms with E-state index in [0.29, 0.717) is 13.0 Å². The third-order valence-corrected chi connectivity index (χ3v) is 2.45. The Labute approximate surface area is 91.3 Å². The Morgan fingerprint density at radius 2 is 2.00 bits per heavy atom. The maximum atomic E-state index is 11.7. The molecule has 0 saturated carbocycles. The second-order valence-electron chi connectivity index (χ2n) is 3.51. The maximum Gasteiger partial charge on any atom is 0.165 e. The van der Waals surface area contributed by atoms with Crippen LogP contribution in [-0.2, 0) is 9.53 Å². The fourth-order valence-corrected chi connectivity index (χ4v) is 1.59. The molecule has 15 heavy (non-hydrogen) atoms. The number of ether oxygens (including phenoxy) is 1. The first-order valence-electron chi connectivity index (χ1n) is 5.40. The van der Waals surface area contributed by atoms with E-state index in [1.54, 1.807) is 0 Å². The lowest BCUT2D eigenvalue weighted by Gasteiger charge is -2.17. The largest absolute Gasteiger partial charge is 0.366 e. The molecule has 1 atom stereocenters. The highest BCUT2D eigenvalue weighted by molar-refractivity contribution is 5.84. The second-order valence-corrected chi connectivity index (χ2v) is 3.51. The number of carbonyl (C=O) groups excluding carboxylic acids is 1. The predicted octanol–water partition coefficient (Wildman–Crippen LogP) is 3.05. The van der Waals surface area contributed by atoms with Gasteiger partial charge in [-0.2, -0.15) is 0 Å². The molecule has 0 spiro atoms. The molecule has 0 N–H and O–H groups in total. The Bertz CT molecular complexity index is 331.